The van der Waals surface area contributed by atoms with E-state index in [1.54, 1.807) is 29.2 Å². The molecule has 0 fully saturated rings. The topological polar surface area (TPSA) is 73.8 Å². The summed E-state index contributed by atoms with van der Waals surface area (Å²) in [5.41, 5.74) is 7.10. The summed E-state index contributed by atoms with van der Waals surface area (Å²) in [5, 5.41) is 0.619. The Bertz CT molecular complexity index is 777. The third kappa shape index (κ3) is 2.18. The summed E-state index contributed by atoms with van der Waals surface area (Å²) < 4.78 is 1.57. The van der Waals surface area contributed by atoms with E-state index in [2.05, 4.69) is 9.97 Å². The molecule has 0 aliphatic carbocycles. The smallest absolute Gasteiger partial charge is 0.261 e. The minimum atomic E-state index is -0.0533. The van der Waals surface area contributed by atoms with Crippen molar-refractivity contribution >= 4 is 16.7 Å². The molecule has 0 unspecified atom stereocenters. The number of para-hydroxylation sites is 1. The Balaban J connectivity index is 2.04. The fourth-order valence-corrected chi connectivity index (χ4v) is 1.94. The number of hydrogen-bond acceptors (Lipinski definition) is 4. The van der Waals surface area contributed by atoms with Gasteiger partial charge in [0.25, 0.3) is 5.56 Å². The fraction of sp³-hybridized carbons (Fsp3) is 0.0714. The molecule has 0 saturated carbocycles. The molecule has 1 aromatic carbocycles. The normalized spacial score (nSPS) is 10.7. The first-order valence-electron chi connectivity index (χ1n) is 5.88. The van der Waals surface area contributed by atoms with E-state index >= 15 is 0 Å². The van der Waals surface area contributed by atoms with Crippen molar-refractivity contribution in [2.24, 2.45) is 0 Å². The molecule has 0 aliphatic rings. The van der Waals surface area contributed by atoms with Crippen LogP contribution in [0.15, 0.2) is 53.7 Å². The lowest BCUT2D eigenvalue weighted by Gasteiger charge is -2.06. The molecule has 0 bridgehead atoms. The highest BCUT2D eigenvalue weighted by Crippen LogP contribution is 2.07. The van der Waals surface area contributed by atoms with Crippen molar-refractivity contribution in [2.45, 2.75) is 6.54 Å². The second kappa shape index (κ2) is 4.53. The molecule has 0 amide bonds. The average Bonchev–Trinajstić information content (AvgIpc) is 2.45. The van der Waals surface area contributed by atoms with Crippen LogP contribution in [0.1, 0.15) is 5.56 Å². The van der Waals surface area contributed by atoms with Crippen LogP contribution in [0.25, 0.3) is 10.9 Å². The van der Waals surface area contributed by atoms with Crippen LogP contribution >= 0.6 is 0 Å². The van der Waals surface area contributed by atoms with Gasteiger partial charge < -0.3 is 5.73 Å². The lowest BCUT2D eigenvalue weighted by Crippen LogP contribution is -2.21. The summed E-state index contributed by atoms with van der Waals surface area (Å²) in [5.74, 6) is 0.465. The number of pyridine rings is 1. The van der Waals surface area contributed by atoms with Gasteiger partial charge in [-0.25, -0.2) is 9.97 Å². The fourth-order valence-electron chi connectivity index (χ4n) is 1.94. The SMILES string of the molecule is Nc1ccc(Cn2cnc3ccccc3c2=O)cn1. The van der Waals surface area contributed by atoms with Crippen molar-refractivity contribution in [3.05, 3.63) is 64.8 Å². The number of nitrogen functional groups attached to an aromatic ring is 1. The zero-order chi connectivity index (χ0) is 13.2. The number of rotatable bonds is 2. The lowest BCUT2D eigenvalue weighted by molar-refractivity contribution is 0.746. The van der Waals surface area contributed by atoms with Crippen LogP contribution in [0.5, 0.6) is 0 Å². The van der Waals surface area contributed by atoms with Gasteiger partial charge in [0.05, 0.1) is 23.8 Å². The van der Waals surface area contributed by atoms with Crippen molar-refractivity contribution < 1.29 is 0 Å². The minimum absolute atomic E-state index is 0.0533. The summed E-state index contributed by atoms with van der Waals surface area (Å²) in [6.45, 7) is 0.434. The van der Waals surface area contributed by atoms with Crippen molar-refractivity contribution in [1.29, 1.82) is 0 Å². The Labute approximate surface area is 109 Å². The van der Waals surface area contributed by atoms with Crippen LogP contribution in [-0.4, -0.2) is 14.5 Å². The molecular weight excluding hydrogens is 240 g/mol. The molecule has 2 N–H and O–H groups in total. The van der Waals surface area contributed by atoms with E-state index in [9.17, 15) is 4.79 Å². The van der Waals surface area contributed by atoms with E-state index in [1.165, 1.54) is 0 Å². The van der Waals surface area contributed by atoms with Crippen molar-refractivity contribution in [3.63, 3.8) is 0 Å². The molecule has 0 radical (unpaired) electrons. The molecule has 3 rings (SSSR count). The summed E-state index contributed by atoms with van der Waals surface area (Å²) in [6.07, 6.45) is 3.22. The predicted octanol–water partition coefficient (Wildman–Crippen LogP) is 1.42. The summed E-state index contributed by atoms with van der Waals surface area (Å²) in [4.78, 5) is 20.6. The van der Waals surface area contributed by atoms with E-state index in [0.717, 1.165) is 5.56 Å². The maximum Gasteiger partial charge on any atom is 0.261 e. The zero-order valence-electron chi connectivity index (χ0n) is 10.2. The molecule has 2 heterocycles. The van der Waals surface area contributed by atoms with Gasteiger partial charge in [0, 0.05) is 6.20 Å². The standard InChI is InChI=1S/C14H12N4O/c15-13-6-5-10(7-16-13)8-18-9-17-12-4-2-1-3-11(12)14(18)19/h1-7,9H,8H2,(H2,15,16). The third-order valence-corrected chi connectivity index (χ3v) is 2.93. The third-order valence-electron chi connectivity index (χ3n) is 2.93. The lowest BCUT2D eigenvalue weighted by atomic mass is 10.2. The number of aromatic nitrogens is 3. The van der Waals surface area contributed by atoms with Gasteiger partial charge in [-0.3, -0.25) is 9.36 Å². The van der Waals surface area contributed by atoms with Gasteiger partial charge in [0.1, 0.15) is 5.82 Å². The maximum atomic E-state index is 12.3. The Kier molecular flexibility index (Phi) is 2.72. The molecule has 0 saturated heterocycles. The highest BCUT2D eigenvalue weighted by molar-refractivity contribution is 5.76. The van der Waals surface area contributed by atoms with Gasteiger partial charge in [-0.1, -0.05) is 18.2 Å². The zero-order valence-corrected chi connectivity index (χ0v) is 10.2. The van der Waals surface area contributed by atoms with Gasteiger partial charge in [-0.2, -0.15) is 0 Å². The van der Waals surface area contributed by atoms with Crippen molar-refractivity contribution in [3.8, 4) is 0 Å². The van der Waals surface area contributed by atoms with Gasteiger partial charge in [-0.15, -0.1) is 0 Å². The molecule has 0 aliphatic heterocycles. The van der Waals surface area contributed by atoms with Gasteiger partial charge in [-0.05, 0) is 23.8 Å². The second-order valence-electron chi connectivity index (χ2n) is 4.29. The second-order valence-corrected chi connectivity index (χ2v) is 4.29. The highest BCUT2D eigenvalue weighted by Gasteiger charge is 2.04. The van der Waals surface area contributed by atoms with Crippen LogP contribution in [0.4, 0.5) is 5.82 Å². The van der Waals surface area contributed by atoms with Crippen molar-refractivity contribution in [1.82, 2.24) is 14.5 Å². The van der Waals surface area contributed by atoms with E-state index in [1.807, 2.05) is 24.3 Å². The molecule has 0 atom stereocenters. The van der Waals surface area contributed by atoms with Gasteiger partial charge in [0.2, 0.25) is 0 Å². The molecule has 5 heteroatoms. The average molecular weight is 252 g/mol. The quantitative estimate of drug-likeness (QED) is 0.748. The number of anilines is 1. The Morgan fingerprint density at radius 2 is 1.95 bits per heavy atom. The molecule has 94 valence electrons. The number of nitrogens with two attached hydrogens (primary N) is 1. The van der Waals surface area contributed by atoms with Crippen LogP contribution in [0, 0.1) is 0 Å². The molecule has 19 heavy (non-hydrogen) atoms. The van der Waals surface area contributed by atoms with E-state index in [4.69, 9.17) is 5.73 Å². The summed E-state index contributed by atoms with van der Waals surface area (Å²) in [7, 11) is 0. The Hall–Kier alpha value is -2.69. The van der Waals surface area contributed by atoms with Crippen LogP contribution in [0.3, 0.4) is 0 Å². The van der Waals surface area contributed by atoms with Crippen molar-refractivity contribution in [2.75, 3.05) is 5.73 Å². The van der Waals surface area contributed by atoms with E-state index in [0.29, 0.717) is 23.3 Å². The highest BCUT2D eigenvalue weighted by atomic mass is 16.1. The number of nitrogens with zero attached hydrogens (tertiary/aromatic N) is 3. The van der Waals surface area contributed by atoms with Crippen LogP contribution in [0.2, 0.25) is 0 Å². The van der Waals surface area contributed by atoms with E-state index < -0.39 is 0 Å². The number of fused-ring (bicyclic) bond motifs is 1. The number of benzene rings is 1. The predicted molar refractivity (Wildman–Crippen MR) is 73.8 cm³/mol. The first-order valence-corrected chi connectivity index (χ1v) is 5.88. The first-order chi connectivity index (χ1) is 9.24. The molecule has 2 aromatic heterocycles. The Morgan fingerprint density at radius 1 is 1.11 bits per heavy atom. The maximum absolute atomic E-state index is 12.3. The molecule has 3 aromatic rings. The molecular formula is C14H12N4O. The van der Waals surface area contributed by atoms with Crippen LogP contribution < -0.4 is 11.3 Å². The molecule has 0 spiro atoms. The Morgan fingerprint density at radius 3 is 2.74 bits per heavy atom. The molecule has 5 nitrogen and oxygen atoms in total. The monoisotopic (exact) mass is 252 g/mol. The minimum Gasteiger partial charge on any atom is -0.384 e. The first kappa shape index (κ1) is 11.4. The van der Waals surface area contributed by atoms with Gasteiger partial charge in [0.15, 0.2) is 0 Å². The van der Waals surface area contributed by atoms with Crippen LogP contribution in [-0.2, 0) is 6.54 Å². The van der Waals surface area contributed by atoms with E-state index in [-0.39, 0.29) is 5.56 Å². The summed E-state index contributed by atoms with van der Waals surface area (Å²) >= 11 is 0. The summed E-state index contributed by atoms with van der Waals surface area (Å²) in [6, 6.07) is 10.9. The largest absolute Gasteiger partial charge is 0.384 e. The number of hydrogen-bond donors (Lipinski definition) is 1. The van der Waals surface area contributed by atoms with Gasteiger partial charge >= 0.3 is 0 Å².